The van der Waals surface area contributed by atoms with Gasteiger partial charge in [-0.2, -0.15) is 15.8 Å². The number of fused-ring (bicyclic) bond motifs is 12. The number of aromatic nitrogens is 4. The number of pyridine rings is 4. The first-order chi connectivity index (χ1) is 46.3. The summed E-state index contributed by atoms with van der Waals surface area (Å²) in [5, 5.41) is 35.8. The Bertz CT molecular complexity index is 6070. The molecule has 0 unspecified atom stereocenters. The first-order valence-corrected chi connectivity index (χ1v) is 31.6. The molecule has 8 aromatic heterocycles. The van der Waals surface area contributed by atoms with E-state index < -0.39 is 0 Å². The van der Waals surface area contributed by atoms with Crippen LogP contribution in [0.1, 0.15) is 61.2 Å². The summed E-state index contributed by atoms with van der Waals surface area (Å²) in [5.74, 6) is 0. The van der Waals surface area contributed by atoms with E-state index in [0.29, 0.717) is 33.5 Å². The minimum Gasteiger partial charge on any atom is -0.467 e. The Balaban J connectivity index is 0.000000116. The third-order valence-corrected chi connectivity index (χ3v) is 18.0. The summed E-state index contributed by atoms with van der Waals surface area (Å²) < 4.78 is 32.5. The zero-order valence-corrected chi connectivity index (χ0v) is 55.7. The number of nitrogens with zero attached hydrogens (tertiary/aromatic N) is 8. The van der Waals surface area contributed by atoms with Crippen LogP contribution in [-0.4, -0.2) is 0 Å². The molecule has 0 saturated carbocycles. The lowest BCUT2D eigenvalue weighted by Gasteiger charge is -2.08. The summed E-state index contributed by atoms with van der Waals surface area (Å²) in [6, 6.07) is 63.2. The highest BCUT2D eigenvalue weighted by atomic mass is 16.3. The first-order valence-electron chi connectivity index (χ1n) is 31.6. The summed E-state index contributed by atoms with van der Waals surface area (Å²) in [7, 11) is 8.19. The predicted octanol–water partition coefficient (Wildman–Crippen LogP) is 18.9. The largest absolute Gasteiger partial charge is 0.467 e. The van der Waals surface area contributed by atoms with E-state index in [-0.39, 0.29) is 0 Å². The van der Waals surface area contributed by atoms with E-state index in [1.165, 1.54) is 33.4 Å². The standard InChI is InChI=1S/4C21H17N2O/c1-13-9-10-17(23(4)12-13)19-14(2)11-16-15-7-5-6-8-18(15)24-21(16)20(19)22-3;1-13-4-6-19(23(3)12-13)16-10-21-17(8-14(16)2)18-9-15(11-22)5-7-20(18)24-21;1-13-7-8-18(23(3)12-13)16-10-20-17(9-14(16)2)21-15(11-22)5-4-6-19(21)24-20;1-13-7-8-19(23(3)12-13)17-10-18-16-6-4-5-15(11-22)21(16)24-20(18)9-14(17)2/h5-12H,1-2,4H3;3*4-10,12H,1-3H3/q4*+1. The molecule has 0 aliphatic rings. The van der Waals surface area contributed by atoms with E-state index >= 15 is 0 Å². The van der Waals surface area contributed by atoms with Crippen molar-refractivity contribution < 1.29 is 35.9 Å². The number of aryl methyl sites for hydroxylation is 12. The molecular formula is C84H68N8O4+4. The van der Waals surface area contributed by atoms with Gasteiger partial charge in [-0.05, 0) is 187 Å². The Hall–Kier alpha value is -12.5. The summed E-state index contributed by atoms with van der Waals surface area (Å²) >= 11 is 0. The van der Waals surface area contributed by atoms with Gasteiger partial charge in [-0.15, -0.1) is 0 Å². The van der Waals surface area contributed by atoms with Gasteiger partial charge >= 0.3 is 0 Å². The molecule has 8 heterocycles. The van der Waals surface area contributed by atoms with Gasteiger partial charge in [-0.3, -0.25) is 0 Å². The average Bonchev–Trinajstić information content (AvgIpc) is 1.58. The maximum absolute atomic E-state index is 9.38. The van der Waals surface area contributed by atoms with Crippen molar-refractivity contribution in [3.8, 4) is 63.2 Å². The molecule has 0 aliphatic carbocycles. The zero-order valence-electron chi connectivity index (χ0n) is 55.7. The Kier molecular flexibility index (Phi) is 16.4. The Morgan fingerprint density at radius 1 is 0.344 bits per heavy atom. The molecule has 0 spiro atoms. The van der Waals surface area contributed by atoms with Crippen LogP contribution >= 0.6 is 0 Å². The lowest BCUT2D eigenvalue weighted by molar-refractivity contribution is -0.660. The Morgan fingerprint density at radius 3 is 1.38 bits per heavy atom. The quantitative estimate of drug-likeness (QED) is 0.126. The van der Waals surface area contributed by atoms with Crippen molar-refractivity contribution >= 4 is 93.4 Å². The molecule has 0 amide bonds. The maximum Gasteiger partial charge on any atom is 0.243 e. The fraction of sp³-hybridized carbons (Fsp3) is 0.143. The van der Waals surface area contributed by atoms with Crippen molar-refractivity contribution in [1.82, 2.24) is 0 Å². The van der Waals surface area contributed by atoms with Gasteiger partial charge in [0.2, 0.25) is 28.5 Å². The normalized spacial score (nSPS) is 11.1. The molecule has 464 valence electrons. The first kappa shape index (κ1) is 62.3. The SMILES string of the molecule is Cc1ccc(-c2cc3c(cc2C)oc2c(C#N)cccc23)[n+](C)c1.Cc1ccc(-c2cc3oc4ccc(C#N)cc4c3cc2C)[n+](C)c1.Cc1ccc(-c2cc3oc4cccc(C#N)c4c3cc2C)[n+](C)c1.[C-]#[N+]c1c(-c2ccc(C)c[n+]2C)c(C)cc2c1oc1ccccc12. The number of furan rings is 4. The second-order valence-corrected chi connectivity index (χ2v) is 25.0. The van der Waals surface area contributed by atoms with Crippen molar-refractivity contribution in [2.24, 2.45) is 28.2 Å². The molecule has 0 aliphatic heterocycles. The smallest absolute Gasteiger partial charge is 0.243 e. The van der Waals surface area contributed by atoms with Gasteiger partial charge in [0.05, 0.1) is 52.1 Å². The van der Waals surface area contributed by atoms with Gasteiger partial charge in [-0.1, -0.05) is 36.4 Å². The minimum atomic E-state index is 0.573. The molecule has 0 bridgehead atoms. The van der Waals surface area contributed by atoms with Gasteiger partial charge in [0.1, 0.15) is 73.3 Å². The highest BCUT2D eigenvalue weighted by Gasteiger charge is 2.25. The molecule has 0 N–H and O–H groups in total. The lowest BCUT2D eigenvalue weighted by Crippen LogP contribution is -2.31. The summed E-state index contributed by atoms with van der Waals surface area (Å²) in [6.07, 6.45) is 8.44. The molecule has 12 heteroatoms. The second kappa shape index (κ2) is 25.2. The van der Waals surface area contributed by atoms with Crippen LogP contribution in [0.4, 0.5) is 5.69 Å². The van der Waals surface area contributed by atoms with E-state index in [1.54, 1.807) is 12.1 Å². The van der Waals surface area contributed by atoms with Crippen LogP contribution in [0.15, 0.2) is 212 Å². The number of rotatable bonds is 4. The number of benzene rings is 8. The van der Waals surface area contributed by atoms with E-state index in [0.717, 1.165) is 133 Å². The van der Waals surface area contributed by atoms with Gasteiger partial charge in [0, 0.05) is 95.2 Å². The number of hydrogen-bond donors (Lipinski definition) is 0. The van der Waals surface area contributed by atoms with Gasteiger partial charge in [0.15, 0.2) is 30.4 Å². The van der Waals surface area contributed by atoms with Crippen LogP contribution in [0.2, 0.25) is 0 Å². The van der Waals surface area contributed by atoms with E-state index in [1.807, 2.05) is 73.8 Å². The molecule has 0 fully saturated rings. The summed E-state index contributed by atoms with van der Waals surface area (Å²) in [4.78, 5) is 3.84. The number of hydrogen-bond acceptors (Lipinski definition) is 7. The molecule has 0 saturated heterocycles. The van der Waals surface area contributed by atoms with E-state index in [9.17, 15) is 10.5 Å². The monoisotopic (exact) mass is 1250 g/mol. The molecule has 0 radical (unpaired) electrons. The zero-order chi connectivity index (χ0) is 67.4. The van der Waals surface area contributed by atoms with Crippen molar-refractivity contribution in [1.29, 1.82) is 15.8 Å². The van der Waals surface area contributed by atoms with Crippen LogP contribution < -0.4 is 18.3 Å². The molecule has 16 aromatic rings. The summed E-state index contributed by atoms with van der Waals surface area (Å²) in [5.41, 5.74) is 27.0. The third kappa shape index (κ3) is 11.4. The molecule has 12 nitrogen and oxygen atoms in total. The molecular weight excluding hydrogens is 1180 g/mol. The van der Waals surface area contributed by atoms with E-state index in [2.05, 4.69) is 234 Å². The lowest BCUT2D eigenvalue weighted by atomic mass is 9.98. The maximum atomic E-state index is 9.38. The van der Waals surface area contributed by atoms with Gasteiger partial charge < -0.3 is 17.7 Å². The number of nitriles is 3. The van der Waals surface area contributed by atoms with Crippen LogP contribution in [0.3, 0.4) is 0 Å². The fourth-order valence-electron chi connectivity index (χ4n) is 13.4. The Morgan fingerprint density at radius 2 is 0.792 bits per heavy atom. The van der Waals surface area contributed by atoms with Crippen molar-refractivity contribution in [3.63, 3.8) is 0 Å². The number of para-hydroxylation sites is 2. The Labute approximate surface area is 556 Å². The van der Waals surface area contributed by atoms with Crippen LogP contribution in [0.5, 0.6) is 0 Å². The van der Waals surface area contributed by atoms with Crippen LogP contribution in [0.25, 0.3) is 138 Å². The average molecular weight is 1250 g/mol. The molecule has 16 rings (SSSR count). The van der Waals surface area contributed by atoms with Crippen LogP contribution in [-0.2, 0) is 28.2 Å². The van der Waals surface area contributed by atoms with E-state index in [4.69, 9.17) is 29.5 Å². The minimum absolute atomic E-state index is 0.573. The highest BCUT2D eigenvalue weighted by molar-refractivity contribution is 6.13. The fourth-order valence-corrected chi connectivity index (χ4v) is 13.4. The van der Waals surface area contributed by atoms with Crippen molar-refractivity contribution in [2.45, 2.75) is 55.4 Å². The molecule has 8 aromatic carbocycles. The van der Waals surface area contributed by atoms with Crippen molar-refractivity contribution in [3.05, 3.63) is 267 Å². The molecule has 0 atom stereocenters. The highest BCUT2D eigenvalue weighted by Crippen LogP contribution is 2.44. The van der Waals surface area contributed by atoms with Gasteiger partial charge in [0.25, 0.3) is 0 Å². The molecule has 96 heavy (non-hydrogen) atoms. The van der Waals surface area contributed by atoms with Crippen molar-refractivity contribution in [2.75, 3.05) is 0 Å². The topological polar surface area (TPSA) is 144 Å². The predicted molar refractivity (Wildman–Crippen MR) is 380 cm³/mol. The van der Waals surface area contributed by atoms with Gasteiger partial charge in [-0.25, -0.2) is 23.1 Å². The second-order valence-electron chi connectivity index (χ2n) is 25.0. The summed E-state index contributed by atoms with van der Waals surface area (Å²) in [6.45, 7) is 24.4. The van der Waals surface area contributed by atoms with Crippen LogP contribution in [0, 0.1) is 96.0 Å². The third-order valence-electron chi connectivity index (χ3n) is 18.0.